The third kappa shape index (κ3) is 3.28. The van der Waals surface area contributed by atoms with E-state index in [1.807, 2.05) is 12.1 Å². The molecule has 0 bridgehead atoms. The summed E-state index contributed by atoms with van der Waals surface area (Å²) >= 11 is 0. The average Bonchev–Trinajstić information content (AvgIpc) is 2.60. The molecule has 23 heavy (non-hydrogen) atoms. The highest BCUT2D eigenvalue weighted by atomic mass is 19.1. The van der Waals surface area contributed by atoms with Crippen LogP contribution in [-0.2, 0) is 13.0 Å². The lowest BCUT2D eigenvalue weighted by atomic mass is 9.97. The topological polar surface area (TPSA) is 50.4 Å². The Balaban J connectivity index is 1.72. The van der Waals surface area contributed by atoms with Crippen molar-refractivity contribution in [3.8, 4) is 5.75 Å². The lowest BCUT2D eigenvalue weighted by Gasteiger charge is -2.21. The lowest BCUT2D eigenvalue weighted by Crippen LogP contribution is -2.24. The van der Waals surface area contributed by atoms with Crippen LogP contribution in [0.1, 0.15) is 27.9 Å². The second-order valence-electron chi connectivity index (χ2n) is 5.51. The second kappa shape index (κ2) is 6.69. The third-order valence-electron chi connectivity index (χ3n) is 4.04. The second-order valence-corrected chi connectivity index (χ2v) is 5.51. The van der Waals surface area contributed by atoms with Crippen LogP contribution in [0.3, 0.4) is 0 Å². The highest BCUT2D eigenvalue weighted by Crippen LogP contribution is 2.25. The van der Waals surface area contributed by atoms with Crippen molar-refractivity contribution in [2.75, 3.05) is 19.0 Å². The summed E-state index contributed by atoms with van der Waals surface area (Å²) in [5, 5.41) is 6.26. The van der Waals surface area contributed by atoms with Crippen molar-refractivity contribution in [3.63, 3.8) is 0 Å². The highest BCUT2D eigenvalue weighted by Gasteiger charge is 2.14. The number of carbonyl (C=O) groups is 1. The van der Waals surface area contributed by atoms with Crippen LogP contribution < -0.4 is 15.4 Å². The molecule has 0 atom stereocenters. The Hall–Kier alpha value is -2.56. The minimum Gasteiger partial charge on any atom is -0.494 e. The van der Waals surface area contributed by atoms with Crippen LogP contribution >= 0.6 is 0 Å². The van der Waals surface area contributed by atoms with Gasteiger partial charge in [0.25, 0.3) is 5.91 Å². The average molecular weight is 314 g/mol. The number of methoxy groups -OCH3 is 1. The molecule has 0 radical (unpaired) electrons. The van der Waals surface area contributed by atoms with Gasteiger partial charge in [-0.1, -0.05) is 12.1 Å². The van der Waals surface area contributed by atoms with Gasteiger partial charge in [0.05, 0.1) is 7.11 Å². The molecule has 1 heterocycles. The van der Waals surface area contributed by atoms with E-state index < -0.39 is 5.82 Å². The van der Waals surface area contributed by atoms with Crippen LogP contribution in [0.2, 0.25) is 0 Å². The van der Waals surface area contributed by atoms with Gasteiger partial charge in [-0.15, -0.1) is 0 Å². The molecule has 0 aromatic heterocycles. The molecule has 0 saturated carbocycles. The first kappa shape index (κ1) is 15.3. The number of nitrogens with one attached hydrogen (secondary N) is 2. The van der Waals surface area contributed by atoms with E-state index in [0.29, 0.717) is 12.1 Å². The Morgan fingerprint density at radius 1 is 1.35 bits per heavy atom. The molecule has 2 aromatic carbocycles. The van der Waals surface area contributed by atoms with Crippen LogP contribution in [0, 0.1) is 5.82 Å². The van der Waals surface area contributed by atoms with E-state index in [2.05, 4.69) is 16.7 Å². The van der Waals surface area contributed by atoms with E-state index in [9.17, 15) is 9.18 Å². The van der Waals surface area contributed by atoms with Crippen molar-refractivity contribution in [2.24, 2.45) is 0 Å². The molecule has 5 heteroatoms. The van der Waals surface area contributed by atoms with Crippen molar-refractivity contribution < 1.29 is 13.9 Å². The number of carbonyl (C=O) groups excluding carboxylic acids is 1. The van der Waals surface area contributed by atoms with Gasteiger partial charge in [0.2, 0.25) is 0 Å². The van der Waals surface area contributed by atoms with Gasteiger partial charge in [-0.05, 0) is 48.2 Å². The molecule has 0 unspecified atom stereocenters. The maximum atomic E-state index is 13.4. The number of anilines is 1. The van der Waals surface area contributed by atoms with E-state index in [0.717, 1.165) is 30.6 Å². The van der Waals surface area contributed by atoms with Gasteiger partial charge in [0.15, 0.2) is 11.6 Å². The fraction of sp³-hybridized carbons (Fsp3) is 0.278. The molecule has 0 fully saturated rings. The summed E-state index contributed by atoms with van der Waals surface area (Å²) in [5.74, 6) is -0.657. The Bertz CT molecular complexity index is 731. The number of fused-ring (bicyclic) bond motifs is 1. The number of hydrogen-bond acceptors (Lipinski definition) is 3. The van der Waals surface area contributed by atoms with E-state index in [1.54, 1.807) is 0 Å². The van der Waals surface area contributed by atoms with Crippen LogP contribution in [0.5, 0.6) is 5.75 Å². The number of ether oxygens (including phenoxy) is 1. The van der Waals surface area contributed by atoms with Gasteiger partial charge in [-0.2, -0.15) is 0 Å². The van der Waals surface area contributed by atoms with E-state index >= 15 is 0 Å². The fourth-order valence-corrected chi connectivity index (χ4v) is 2.83. The standard InChI is InChI=1S/C18H19FN2O2/c1-23-17-10-12(7-8-15(17)19)18(22)21-11-13-4-2-6-16-14(13)5-3-9-20-16/h2,4,6-8,10,20H,3,5,9,11H2,1H3,(H,21,22). The quantitative estimate of drug-likeness (QED) is 0.911. The molecule has 1 aliphatic heterocycles. The molecule has 4 nitrogen and oxygen atoms in total. The van der Waals surface area contributed by atoms with Crippen molar-refractivity contribution in [2.45, 2.75) is 19.4 Å². The van der Waals surface area contributed by atoms with Gasteiger partial charge in [-0.3, -0.25) is 4.79 Å². The first-order chi connectivity index (χ1) is 11.2. The molecule has 120 valence electrons. The molecular weight excluding hydrogens is 295 g/mol. The molecule has 2 N–H and O–H groups in total. The highest BCUT2D eigenvalue weighted by molar-refractivity contribution is 5.94. The number of amides is 1. The van der Waals surface area contributed by atoms with Gasteiger partial charge in [0, 0.05) is 24.3 Å². The van der Waals surface area contributed by atoms with Crippen LogP contribution in [0.25, 0.3) is 0 Å². The third-order valence-corrected chi connectivity index (χ3v) is 4.04. The number of rotatable bonds is 4. The zero-order valence-electron chi connectivity index (χ0n) is 13.0. The smallest absolute Gasteiger partial charge is 0.251 e. The maximum Gasteiger partial charge on any atom is 0.251 e. The SMILES string of the molecule is COc1cc(C(=O)NCc2cccc3c2CCCN3)ccc1F. The molecule has 2 aromatic rings. The Morgan fingerprint density at radius 2 is 2.22 bits per heavy atom. The molecule has 1 aliphatic rings. The van der Waals surface area contributed by atoms with Crippen molar-refractivity contribution >= 4 is 11.6 Å². The summed E-state index contributed by atoms with van der Waals surface area (Å²) < 4.78 is 18.3. The fourth-order valence-electron chi connectivity index (χ4n) is 2.83. The van der Waals surface area contributed by atoms with Crippen molar-refractivity contribution in [1.82, 2.24) is 5.32 Å². The molecule has 0 spiro atoms. The molecule has 1 amide bonds. The molecular formula is C18H19FN2O2. The molecule has 0 aliphatic carbocycles. The number of hydrogen-bond donors (Lipinski definition) is 2. The predicted octanol–water partition coefficient (Wildman–Crippen LogP) is 3.12. The van der Waals surface area contributed by atoms with Crippen molar-refractivity contribution in [3.05, 3.63) is 58.9 Å². The van der Waals surface area contributed by atoms with E-state index in [-0.39, 0.29) is 11.7 Å². The normalized spacial score (nSPS) is 13.0. The summed E-state index contributed by atoms with van der Waals surface area (Å²) in [6.45, 7) is 1.43. The minimum atomic E-state index is -0.479. The van der Waals surface area contributed by atoms with Gasteiger partial charge in [0.1, 0.15) is 0 Å². The zero-order chi connectivity index (χ0) is 16.2. The van der Waals surface area contributed by atoms with E-state index in [1.165, 1.54) is 30.9 Å². The predicted molar refractivity (Wildman–Crippen MR) is 87.4 cm³/mol. The summed E-state index contributed by atoms with van der Waals surface area (Å²) in [4.78, 5) is 12.3. The minimum absolute atomic E-state index is 0.0685. The Kier molecular flexibility index (Phi) is 4.46. The van der Waals surface area contributed by atoms with Gasteiger partial charge in [-0.25, -0.2) is 4.39 Å². The number of halogens is 1. The summed E-state index contributed by atoms with van der Waals surface area (Å²) in [7, 11) is 1.38. The lowest BCUT2D eigenvalue weighted by molar-refractivity contribution is 0.0950. The monoisotopic (exact) mass is 314 g/mol. The summed E-state index contributed by atoms with van der Waals surface area (Å²) in [6, 6.07) is 10.2. The largest absolute Gasteiger partial charge is 0.494 e. The van der Waals surface area contributed by atoms with Gasteiger partial charge < -0.3 is 15.4 Å². The van der Waals surface area contributed by atoms with Crippen molar-refractivity contribution in [1.29, 1.82) is 0 Å². The van der Waals surface area contributed by atoms with Crippen LogP contribution in [0.4, 0.5) is 10.1 Å². The first-order valence-corrected chi connectivity index (χ1v) is 7.65. The van der Waals surface area contributed by atoms with Crippen LogP contribution in [-0.4, -0.2) is 19.6 Å². The van der Waals surface area contributed by atoms with E-state index in [4.69, 9.17) is 4.74 Å². The maximum absolute atomic E-state index is 13.4. The number of benzene rings is 2. The van der Waals surface area contributed by atoms with Crippen LogP contribution in [0.15, 0.2) is 36.4 Å². The summed E-state index contributed by atoms with van der Waals surface area (Å²) in [6.07, 6.45) is 2.10. The summed E-state index contributed by atoms with van der Waals surface area (Å²) in [5.41, 5.74) is 3.89. The molecule has 3 rings (SSSR count). The Morgan fingerprint density at radius 3 is 3.04 bits per heavy atom. The van der Waals surface area contributed by atoms with Gasteiger partial charge >= 0.3 is 0 Å². The molecule has 0 saturated heterocycles. The zero-order valence-corrected chi connectivity index (χ0v) is 13.0. The Labute approximate surface area is 134 Å². The first-order valence-electron chi connectivity index (χ1n) is 7.65.